The number of sulfonamides is 1. The number of carbonyl (C=O) groups excluding carboxylic acids is 2. The molecule has 0 aromatic heterocycles. The molecular weight excluding hydrogens is 416 g/mol. The van der Waals surface area contributed by atoms with Crippen molar-refractivity contribution in [2.45, 2.75) is 72.5 Å². The molecule has 0 fully saturated rings. The van der Waals surface area contributed by atoms with Gasteiger partial charge < -0.3 is 19.9 Å². The summed E-state index contributed by atoms with van der Waals surface area (Å²) >= 11 is 0. The number of carboxylic acid groups (broad SMARTS) is 1. The van der Waals surface area contributed by atoms with Gasteiger partial charge in [0.2, 0.25) is 10.0 Å². The SMILES string of the molecule is C[C@@H](CCC(=O)OC(C)(C)C)CN(CC(=O)O)S(=O)(=O)CCNC(=O)OC(C)(C)C. The fourth-order valence-corrected chi connectivity index (χ4v) is 3.76. The zero-order valence-electron chi connectivity index (χ0n) is 19.0. The summed E-state index contributed by atoms with van der Waals surface area (Å²) < 4.78 is 36.3. The molecule has 10 nitrogen and oxygen atoms in total. The van der Waals surface area contributed by atoms with Crippen LogP contribution in [-0.4, -0.2) is 72.5 Å². The molecule has 0 unspecified atom stereocenters. The summed E-state index contributed by atoms with van der Waals surface area (Å²) in [6.45, 7) is 11.0. The summed E-state index contributed by atoms with van der Waals surface area (Å²) in [4.78, 5) is 34.6. The van der Waals surface area contributed by atoms with E-state index in [1.54, 1.807) is 48.5 Å². The molecule has 1 atom stereocenters. The van der Waals surface area contributed by atoms with E-state index in [9.17, 15) is 22.8 Å². The molecular formula is C19H36N2O8S. The van der Waals surface area contributed by atoms with E-state index in [0.717, 1.165) is 4.31 Å². The number of nitrogens with zero attached hydrogens (tertiary/aromatic N) is 1. The lowest BCUT2D eigenvalue weighted by Gasteiger charge is -2.25. The summed E-state index contributed by atoms with van der Waals surface area (Å²) in [7, 11) is -3.95. The molecule has 0 bridgehead atoms. The smallest absolute Gasteiger partial charge is 0.407 e. The maximum atomic E-state index is 12.6. The lowest BCUT2D eigenvalue weighted by atomic mass is 10.1. The number of carbonyl (C=O) groups is 3. The minimum Gasteiger partial charge on any atom is -0.480 e. The van der Waals surface area contributed by atoms with Crippen molar-refractivity contribution < 1.29 is 37.4 Å². The fourth-order valence-electron chi connectivity index (χ4n) is 2.35. The average Bonchev–Trinajstić information content (AvgIpc) is 2.48. The van der Waals surface area contributed by atoms with E-state index in [-0.39, 0.29) is 25.4 Å². The normalized spacial score (nSPS) is 13.6. The third kappa shape index (κ3) is 14.2. The van der Waals surface area contributed by atoms with Crippen LogP contribution >= 0.6 is 0 Å². The van der Waals surface area contributed by atoms with Crippen molar-refractivity contribution in [3.8, 4) is 0 Å². The van der Waals surface area contributed by atoms with Gasteiger partial charge in [-0.05, 0) is 53.9 Å². The first-order valence-electron chi connectivity index (χ1n) is 9.79. The lowest BCUT2D eigenvalue weighted by molar-refractivity contribution is -0.155. The van der Waals surface area contributed by atoms with Crippen LogP contribution in [0, 0.1) is 5.92 Å². The highest BCUT2D eigenvalue weighted by Crippen LogP contribution is 2.15. The maximum absolute atomic E-state index is 12.6. The van der Waals surface area contributed by atoms with Crippen LogP contribution in [-0.2, 0) is 29.1 Å². The van der Waals surface area contributed by atoms with Gasteiger partial charge in [-0.1, -0.05) is 6.92 Å². The minimum absolute atomic E-state index is 0.0656. The van der Waals surface area contributed by atoms with E-state index in [0.29, 0.717) is 6.42 Å². The van der Waals surface area contributed by atoms with Gasteiger partial charge in [-0.2, -0.15) is 4.31 Å². The van der Waals surface area contributed by atoms with E-state index < -0.39 is 51.6 Å². The Morgan fingerprint density at radius 3 is 2.03 bits per heavy atom. The van der Waals surface area contributed by atoms with Gasteiger partial charge in [0, 0.05) is 19.5 Å². The molecule has 0 aliphatic rings. The van der Waals surface area contributed by atoms with Gasteiger partial charge in [-0.25, -0.2) is 13.2 Å². The molecule has 2 N–H and O–H groups in total. The van der Waals surface area contributed by atoms with Gasteiger partial charge in [0.25, 0.3) is 0 Å². The molecule has 0 aliphatic carbocycles. The van der Waals surface area contributed by atoms with Gasteiger partial charge in [0.15, 0.2) is 0 Å². The number of carboxylic acids is 1. The van der Waals surface area contributed by atoms with Gasteiger partial charge >= 0.3 is 18.0 Å². The summed E-state index contributed by atoms with van der Waals surface area (Å²) in [5.74, 6) is -2.44. The highest BCUT2D eigenvalue weighted by Gasteiger charge is 2.27. The molecule has 0 aliphatic heterocycles. The third-order valence-electron chi connectivity index (χ3n) is 3.51. The zero-order chi connectivity index (χ0) is 23.8. The first kappa shape index (κ1) is 28.1. The number of aliphatic carboxylic acids is 1. The van der Waals surface area contributed by atoms with Crippen LogP contribution in [0.4, 0.5) is 4.79 Å². The Balaban J connectivity index is 4.81. The van der Waals surface area contributed by atoms with Crippen LogP contribution in [0.25, 0.3) is 0 Å². The Labute approximate surface area is 179 Å². The van der Waals surface area contributed by atoms with Crippen LogP contribution in [0.5, 0.6) is 0 Å². The number of ether oxygens (including phenoxy) is 2. The molecule has 0 aromatic rings. The van der Waals surface area contributed by atoms with Crippen LogP contribution in [0.2, 0.25) is 0 Å². The molecule has 0 aromatic carbocycles. The molecule has 0 spiro atoms. The van der Waals surface area contributed by atoms with Crippen LogP contribution in [0.3, 0.4) is 0 Å². The Bertz CT molecular complexity index is 692. The van der Waals surface area contributed by atoms with Crippen molar-refractivity contribution in [3.63, 3.8) is 0 Å². The van der Waals surface area contributed by atoms with Crippen molar-refractivity contribution in [2.75, 3.05) is 25.4 Å². The standard InChI is InChI=1S/C19H36N2O8S/c1-14(8-9-16(24)28-18(2,3)4)12-21(13-15(22)23)30(26,27)11-10-20-17(25)29-19(5,6)7/h14H,8-13H2,1-7H3,(H,20,25)(H,22,23)/t14-/m0/s1. The third-order valence-corrected chi connectivity index (χ3v) is 5.29. The minimum atomic E-state index is -3.95. The Kier molecular flexibility index (Phi) is 10.8. The summed E-state index contributed by atoms with van der Waals surface area (Å²) in [6.07, 6.45) is -0.316. The van der Waals surface area contributed by atoms with E-state index in [4.69, 9.17) is 14.6 Å². The number of hydrogen-bond acceptors (Lipinski definition) is 7. The van der Waals surface area contributed by atoms with E-state index in [1.165, 1.54) is 0 Å². The van der Waals surface area contributed by atoms with Crippen LogP contribution in [0.1, 0.15) is 61.3 Å². The largest absolute Gasteiger partial charge is 0.480 e. The van der Waals surface area contributed by atoms with Gasteiger partial charge in [0.1, 0.15) is 17.7 Å². The molecule has 0 heterocycles. The molecule has 1 amide bonds. The van der Waals surface area contributed by atoms with Gasteiger partial charge in [-0.3, -0.25) is 9.59 Å². The topological polar surface area (TPSA) is 139 Å². The molecule has 0 rings (SSSR count). The number of esters is 1. The number of nitrogens with one attached hydrogen (secondary N) is 1. The monoisotopic (exact) mass is 452 g/mol. The van der Waals surface area contributed by atoms with E-state index in [2.05, 4.69) is 5.32 Å². The van der Waals surface area contributed by atoms with Gasteiger partial charge in [-0.15, -0.1) is 0 Å². The Morgan fingerprint density at radius 2 is 1.57 bits per heavy atom. The van der Waals surface area contributed by atoms with Crippen molar-refractivity contribution >= 4 is 28.1 Å². The second kappa shape index (κ2) is 11.5. The summed E-state index contributed by atoms with van der Waals surface area (Å²) in [5.41, 5.74) is -1.33. The summed E-state index contributed by atoms with van der Waals surface area (Å²) in [6, 6.07) is 0. The second-order valence-corrected chi connectivity index (χ2v) is 11.2. The number of hydrogen-bond donors (Lipinski definition) is 2. The second-order valence-electron chi connectivity index (χ2n) is 9.16. The number of rotatable bonds is 11. The predicted octanol–water partition coefficient (Wildman–Crippen LogP) is 1.99. The molecule has 30 heavy (non-hydrogen) atoms. The first-order chi connectivity index (χ1) is 13.4. The Hall–Kier alpha value is -1.88. The first-order valence-corrected chi connectivity index (χ1v) is 11.4. The quantitative estimate of drug-likeness (QED) is 0.454. The average molecular weight is 453 g/mol. The van der Waals surface area contributed by atoms with Crippen LogP contribution < -0.4 is 5.32 Å². The van der Waals surface area contributed by atoms with Crippen molar-refractivity contribution in [3.05, 3.63) is 0 Å². The number of alkyl carbamates (subject to hydrolysis) is 1. The van der Waals surface area contributed by atoms with E-state index >= 15 is 0 Å². The van der Waals surface area contributed by atoms with Gasteiger partial charge in [0.05, 0.1) is 5.75 Å². The molecule has 11 heteroatoms. The van der Waals surface area contributed by atoms with Crippen molar-refractivity contribution in [1.29, 1.82) is 0 Å². The molecule has 0 radical (unpaired) electrons. The highest BCUT2D eigenvalue weighted by atomic mass is 32.2. The molecule has 0 saturated heterocycles. The predicted molar refractivity (Wildman–Crippen MR) is 111 cm³/mol. The summed E-state index contributed by atoms with van der Waals surface area (Å²) in [5, 5.41) is 11.4. The van der Waals surface area contributed by atoms with Crippen molar-refractivity contribution in [1.82, 2.24) is 9.62 Å². The fraction of sp³-hybridized carbons (Fsp3) is 0.842. The highest BCUT2D eigenvalue weighted by molar-refractivity contribution is 7.89. The lowest BCUT2D eigenvalue weighted by Crippen LogP contribution is -2.43. The number of amides is 1. The maximum Gasteiger partial charge on any atom is 0.407 e. The molecule has 0 saturated carbocycles. The molecule has 176 valence electrons. The Morgan fingerprint density at radius 1 is 1.03 bits per heavy atom. The van der Waals surface area contributed by atoms with E-state index in [1.807, 2.05) is 0 Å². The van der Waals surface area contributed by atoms with Crippen molar-refractivity contribution in [2.24, 2.45) is 5.92 Å². The zero-order valence-corrected chi connectivity index (χ0v) is 19.8. The van der Waals surface area contributed by atoms with Crippen LogP contribution in [0.15, 0.2) is 0 Å².